The van der Waals surface area contributed by atoms with E-state index in [1.165, 1.54) is 10.4 Å². The molecule has 0 bridgehead atoms. The average Bonchev–Trinajstić information content (AvgIpc) is 3.46. The molecule has 10 heteroatoms. The largest absolute Gasteiger partial charge is 0.497 e. The Balaban J connectivity index is 1.63. The third-order valence-electron chi connectivity index (χ3n) is 11.6. The van der Waals surface area contributed by atoms with Crippen LogP contribution < -0.4 is 15.1 Å². The van der Waals surface area contributed by atoms with Crippen LogP contribution in [0.2, 0.25) is 48.9 Å². The first kappa shape index (κ1) is 48.6. The maximum absolute atomic E-state index is 13.3. The van der Waals surface area contributed by atoms with Crippen molar-refractivity contribution < 1.29 is 32.6 Å². The topological polar surface area (TPSA) is 72.5 Å². The number of benzene rings is 3. The molecule has 1 aliphatic rings. The molecule has 1 heterocycles. The average molecular weight is 859 g/mol. The SMILES string of the molecule is COc1ccc(C(=O)OCC[Si](C)(C)C)c(C=CC[C@@H]2OC(C)(C)O[C@@H]2C(C=CC[C@@H](C)O[Si](c2ccccc2)(c2ccccc2)C(C)(C)C)O[Si](C)(C)C(C)(C)C)c1. The Bertz CT molecular complexity index is 1810. The maximum atomic E-state index is 13.3. The smallest absolute Gasteiger partial charge is 0.338 e. The highest BCUT2D eigenvalue weighted by molar-refractivity contribution is 6.99. The van der Waals surface area contributed by atoms with E-state index >= 15 is 0 Å². The van der Waals surface area contributed by atoms with Crippen molar-refractivity contribution in [2.75, 3.05) is 13.7 Å². The Kier molecular flexibility index (Phi) is 16.2. The van der Waals surface area contributed by atoms with Crippen LogP contribution in [0.3, 0.4) is 0 Å². The third-order valence-corrected chi connectivity index (χ3v) is 22.9. The van der Waals surface area contributed by atoms with Crippen LogP contribution >= 0.6 is 0 Å². The van der Waals surface area contributed by atoms with Crippen molar-refractivity contribution in [3.8, 4) is 5.75 Å². The molecule has 0 spiro atoms. The zero-order valence-corrected chi connectivity index (χ0v) is 41.8. The Morgan fingerprint density at radius 1 is 0.814 bits per heavy atom. The third kappa shape index (κ3) is 13.0. The molecule has 0 amide bonds. The van der Waals surface area contributed by atoms with Crippen LogP contribution in [0.5, 0.6) is 5.75 Å². The minimum absolute atomic E-state index is 0.0183. The standard InChI is InChI=1S/C49H74O7Si3/c1-37(55-59(48(5,6)7,40-26-18-16-19-27-40)41-28-20-17-21-29-41)24-22-31-44(56-58(14,15)47(2,3)4)45-43(53-49(8,9)54-45)30-23-25-38-36-39(51-10)32-33-42(38)46(50)52-34-35-57(11,12)13/h16-23,25-29,31-33,36-37,43-45H,24,30,34-35H2,1-15H3/t37-,43+,44?,45+/m1/s1. The lowest BCUT2D eigenvalue weighted by Gasteiger charge is -2.44. The molecule has 0 aliphatic carbocycles. The fourth-order valence-electron chi connectivity index (χ4n) is 7.35. The second-order valence-corrected chi connectivity index (χ2v) is 34.9. The monoisotopic (exact) mass is 858 g/mol. The summed E-state index contributed by atoms with van der Waals surface area (Å²) < 4.78 is 39.2. The molecule has 3 aromatic carbocycles. The van der Waals surface area contributed by atoms with Gasteiger partial charge in [0, 0.05) is 14.2 Å². The van der Waals surface area contributed by atoms with Gasteiger partial charge in [-0.1, -0.05) is 146 Å². The number of rotatable bonds is 18. The van der Waals surface area contributed by atoms with Gasteiger partial charge in [0.25, 0.3) is 8.32 Å². The van der Waals surface area contributed by atoms with E-state index in [1.807, 2.05) is 26.0 Å². The Morgan fingerprint density at radius 2 is 1.41 bits per heavy atom. The Labute approximate surface area is 360 Å². The van der Waals surface area contributed by atoms with E-state index in [0.29, 0.717) is 30.8 Å². The van der Waals surface area contributed by atoms with Crippen molar-refractivity contribution in [2.24, 2.45) is 0 Å². The summed E-state index contributed by atoms with van der Waals surface area (Å²) in [5, 5.41) is 2.39. The molecule has 1 aliphatic heterocycles. The molecule has 0 saturated carbocycles. The zero-order chi connectivity index (χ0) is 43.9. The van der Waals surface area contributed by atoms with Crippen LogP contribution in [0.4, 0.5) is 0 Å². The molecule has 0 radical (unpaired) electrons. The summed E-state index contributed by atoms with van der Waals surface area (Å²) in [4.78, 5) is 13.3. The summed E-state index contributed by atoms with van der Waals surface area (Å²) in [5.74, 6) is -0.470. The molecule has 1 fully saturated rings. The molecule has 0 N–H and O–H groups in total. The minimum Gasteiger partial charge on any atom is -0.497 e. The van der Waals surface area contributed by atoms with Gasteiger partial charge in [-0.25, -0.2) is 4.79 Å². The number of esters is 1. The molecule has 7 nitrogen and oxygen atoms in total. The van der Waals surface area contributed by atoms with Crippen LogP contribution in [0.15, 0.2) is 97.1 Å². The van der Waals surface area contributed by atoms with E-state index < -0.39 is 30.5 Å². The molecule has 324 valence electrons. The molecule has 59 heavy (non-hydrogen) atoms. The number of hydrogen-bond donors (Lipinski definition) is 0. The highest BCUT2D eigenvalue weighted by atomic mass is 28.4. The fraction of sp³-hybridized carbons (Fsp3) is 0.531. The molecule has 1 unspecified atom stereocenters. The van der Waals surface area contributed by atoms with Crippen molar-refractivity contribution in [3.63, 3.8) is 0 Å². The highest BCUT2D eigenvalue weighted by Crippen LogP contribution is 2.41. The zero-order valence-electron chi connectivity index (χ0n) is 38.8. The number of methoxy groups -OCH3 is 1. The second-order valence-electron chi connectivity index (χ2n) is 20.3. The summed E-state index contributed by atoms with van der Waals surface area (Å²) in [6.45, 7) is 31.7. The maximum Gasteiger partial charge on any atom is 0.338 e. The lowest BCUT2D eigenvalue weighted by Crippen LogP contribution is -2.67. The van der Waals surface area contributed by atoms with Crippen LogP contribution in [-0.2, 0) is 23.1 Å². The first-order valence-electron chi connectivity index (χ1n) is 21.4. The van der Waals surface area contributed by atoms with Gasteiger partial charge >= 0.3 is 5.97 Å². The number of ether oxygens (including phenoxy) is 4. The van der Waals surface area contributed by atoms with Crippen LogP contribution in [0, 0.1) is 0 Å². The predicted octanol–water partition coefficient (Wildman–Crippen LogP) is 11.4. The summed E-state index contributed by atoms with van der Waals surface area (Å²) in [6, 6.07) is 28.0. The van der Waals surface area contributed by atoms with Gasteiger partial charge in [0.1, 0.15) is 11.9 Å². The molecular weight excluding hydrogens is 785 g/mol. The van der Waals surface area contributed by atoms with Crippen LogP contribution in [0.1, 0.15) is 91.1 Å². The summed E-state index contributed by atoms with van der Waals surface area (Å²) in [6.07, 6.45) is 8.59. The van der Waals surface area contributed by atoms with Crippen LogP contribution in [0.25, 0.3) is 6.08 Å². The number of carbonyl (C=O) groups excluding carboxylic acids is 1. The van der Waals surface area contributed by atoms with Gasteiger partial charge in [0.05, 0.1) is 31.5 Å². The van der Waals surface area contributed by atoms with Gasteiger partial charge < -0.3 is 27.8 Å². The van der Waals surface area contributed by atoms with Crippen molar-refractivity contribution in [2.45, 2.75) is 154 Å². The van der Waals surface area contributed by atoms with Gasteiger partial charge in [0.2, 0.25) is 0 Å². The molecule has 4 rings (SSSR count). The van der Waals surface area contributed by atoms with E-state index in [0.717, 1.165) is 11.6 Å². The van der Waals surface area contributed by atoms with Gasteiger partial charge in [-0.3, -0.25) is 0 Å². The Morgan fingerprint density at radius 3 is 1.93 bits per heavy atom. The first-order valence-corrected chi connectivity index (χ1v) is 29.9. The molecule has 3 aromatic rings. The van der Waals surface area contributed by atoms with Gasteiger partial charge in [-0.05, 0) is 97.0 Å². The molecule has 4 atom stereocenters. The summed E-state index contributed by atoms with van der Waals surface area (Å²) in [7, 11) is -4.72. The van der Waals surface area contributed by atoms with E-state index in [2.05, 4.69) is 160 Å². The van der Waals surface area contributed by atoms with E-state index in [-0.39, 0.29) is 40.5 Å². The molecular formula is C49H74O7Si3. The molecule has 0 aromatic heterocycles. The number of carbonyl (C=O) groups is 1. The van der Waals surface area contributed by atoms with E-state index in [9.17, 15) is 4.79 Å². The quantitative estimate of drug-likeness (QED) is 0.0717. The van der Waals surface area contributed by atoms with Crippen molar-refractivity contribution in [3.05, 3.63) is 108 Å². The van der Waals surface area contributed by atoms with E-state index in [4.69, 9.17) is 27.8 Å². The number of hydrogen-bond acceptors (Lipinski definition) is 7. The Hall–Kier alpha value is -3.10. The predicted molar refractivity (Wildman–Crippen MR) is 253 cm³/mol. The normalized spacial score (nSPS) is 19.0. The minimum atomic E-state index is -2.73. The van der Waals surface area contributed by atoms with Gasteiger partial charge in [-0.15, -0.1) is 0 Å². The highest BCUT2D eigenvalue weighted by Gasteiger charge is 2.51. The first-order chi connectivity index (χ1) is 27.4. The van der Waals surface area contributed by atoms with Gasteiger partial charge in [0.15, 0.2) is 14.1 Å². The lowest BCUT2D eigenvalue weighted by molar-refractivity contribution is -0.151. The lowest BCUT2D eigenvalue weighted by atomic mass is 10.0. The van der Waals surface area contributed by atoms with Crippen molar-refractivity contribution in [1.29, 1.82) is 0 Å². The van der Waals surface area contributed by atoms with Crippen molar-refractivity contribution >= 4 is 47.1 Å². The molecule has 1 saturated heterocycles. The van der Waals surface area contributed by atoms with Gasteiger partial charge in [-0.2, -0.15) is 0 Å². The van der Waals surface area contributed by atoms with E-state index in [1.54, 1.807) is 19.2 Å². The van der Waals surface area contributed by atoms with Crippen LogP contribution in [-0.4, -0.2) is 74.6 Å². The summed E-state index contributed by atoms with van der Waals surface area (Å²) in [5.41, 5.74) is 1.25. The summed E-state index contributed by atoms with van der Waals surface area (Å²) >= 11 is 0. The van der Waals surface area contributed by atoms with Crippen molar-refractivity contribution in [1.82, 2.24) is 0 Å². The fourth-order valence-corrected chi connectivity index (χ4v) is 14.0. The second kappa shape index (κ2) is 19.7.